The molecule has 2 atom stereocenters. The lowest BCUT2D eigenvalue weighted by Gasteiger charge is -2.24. The molecular formula is C17H18F3N. The number of rotatable bonds is 5. The molecule has 0 saturated carbocycles. The van der Waals surface area contributed by atoms with Gasteiger partial charge in [0.1, 0.15) is 6.04 Å². The lowest BCUT2D eigenvalue weighted by molar-refractivity contribution is -0.157. The summed E-state index contributed by atoms with van der Waals surface area (Å²) in [5, 5.41) is 2.65. The van der Waals surface area contributed by atoms with Gasteiger partial charge >= 0.3 is 6.18 Å². The summed E-state index contributed by atoms with van der Waals surface area (Å²) in [5.74, 6) is 0.0137. The van der Waals surface area contributed by atoms with Crippen LogP contribution in [-0.4, -0.2) is 12.7 Å². The monoisotopic (exact) mass is 293 g/mol. The van der Waals surface area contributed by atoms with E-state index in [1.54, 1.807) is 18.2 Å². The van der Waals surface area contributed by atoms with E-state index in [1.807, 2.05) is 37.3 Å². The fraction of sp³-hybridized carbons (Fsp3) is 0.294. The average Bonchev–Trinajstić information content (AvgIpc) is 2.48. The zero-order valence-corrected chi connectivity index (χ0v) is 11.8. The summed E-state index contributed by atoms with van der Waals surface area (Å²) < 4.78 is 39.6. The van der Waals surface area contributed by atoms with Crippen LogP contribution in [0.5, 0.6) is 0 Å². The average molecular weight is 293 g/mol. The smallest absolute Gasteiger partial charge is 0.302 e. The minimum Gasteiger partial charge on any atom is -0.302 e. The lowest BCUT2D eigenvalue weighted by Crippen LogP contribution is -2.36. The summed E-state index contributed by atoms with van der Waals surface area (Å²) in [5.41, 5.74) is 1.27. The summed E-state index contributed by atoms with van der Waals surface area (Å²) >= 11 is 0. The fourth-order valence-corrected chi connectivity index (χ4v) is 2.26. The normalized spacial score (nSPS) is 14.7. The highest BCUT2D eigenvalue weighted by Crippen LogP contribution is 2.33. The van der Waals surface area contributed by atoms with Crippen molar-refractivity contribution < 1.29 is 13.2 Å². The molecule has 2 rings (SSSR count). The van der Waals surface area contributed by atoms with E-state index < -0.39 is 12.2 Å². The Hall–Kier alpha value is -1.81. The molecule has 2 unspecified atom stereocenters. The van der Waals surface area contributed by atoms with Crippen LogP contribution in [0.1, 0.15) is 30.0 Å². The Kier molecular flexibility index (Phi) is 5.02. The summed E-state index contributed by atoms with van der Waals surface area (Å²) in [6.45, 7) is 2.18. The van der Waals surface area contributed by atoms with E-state index in [1.165, 1.54) is 12.1 Å². The fourth-order valence-electron chi connectivity index (χ4n) is 2.26. The zero-order chi connectivity index (χ0) is 15.3. The van der Waals surface area contributed by atoms with E-state index in [9.17, 15) is 13.2 Å². The molecule has 0 spiro atoms. The van der Waals surface area contributed by atoms with Gasteiger partial charge in [0.25, 0.3) is 0 Å². The van der Waals surface area contributed by atoms with E-state index in [-0.39, 0.29) is 18.0 Å². The summed E-state index contributed by atoms with van der Waals surface area (Å²) in [6.07, 6.45) is -4.31. The predicted molar refractivity (Wildman–Crippen MR) is 78.1 cm³/mol. The van der Waals surface area contributed by atoms with Crippen LogP contribution in [0.2, 0.25) is 0 Å². The molecule has 0 aliphatic rings. The molecule has 4 heteroatoms. The van der Waals surface area contributed by atoms with Crippen molar-refractivity contribution in [2.45, 2.75) is 25.1 Å². The van der Waals surface area contributed by atoms with Crippen LogP contribution < -0.4 is 5.32 Å². The van der Waals surface area contributed by atoms with Gasteiger partial charge in [0.15, 0.2) is 0 Å². The third kappa shape index (κ3) is 4.33. The molecule has 112 valence electrons. The Morgan fingerprint density at radius 3 is 1.81 bits per heavy atom. The number of nitrogens with one attached hydrogen (secondary N) is 1. The number of alkyl halides is 3. The van der Waals surface area contributed by atoms with Gasteiger partial charge < -0.3 is 5.32 Å². The lowest BCUT2D eigenvalue weighted by atomic mass is 10.00. The van der Waals surface area contributed by atoms with E-state index in [0.717, 1.165) is 5.56 Å². The first-order chi connectivity index (χ1) is 9.98. The Bertz CT molecular complexity index is 537. The van der Waals surface area contributed by atoms with Gasteiger partial charge in [-0.15, -0.1) is 0 Å². The molecule has 2 aromatic carbocycles. The molecule has 1 nitrogen and oxygen atoms in total. The van der Waals surface area contributed by atoms with Gasteiger partial charge in [0, 0.05) is 6.54 Å². The van der Waals surface area contributed by atoms with Crippen molar-refractivity contribution in [2.75, 3.05) is 6.54 Å². The van der Waals surface area contributed by atoms with Gasteiger partial charge in [-0.2, -0.15) is 13.2 Å². The summed E-state index contributed by atoms with van der Waals surface area (Å²) in [7, 11) is 0. The first kappa shape index (κ1) is 15.6. The minimum absolute atomic E-state index is 0.0137. The molecule has 0 amide bonds. The largest absolute Gasteiger partial charge is 0.407 e. The molecule has 0 saturated heterocycles. The Balaban J connectivity index is 2.07. The number of benzene rings is 2. The van der Waals surface area contributed by atoms with Crippen LogP contribution in [0.15, 0.2) is 60.7 Å². The molecule has 0 aliphatic heterocycles. The van der Waals surface area contributed by atoms with Gasteiger partial charge in [0.2, 0.25) is 0 Å². The van der Waals surface area contributed by atoms with Crippen LogP contribution in [0, 0.1) is 0 Å². The third-order valence-electron chi connectivity index (χ3n) is 3.46. The maximum Gasteiger partial charge on any atom is 0.407 e. The molecule has 0 radical (unpaired) electrons. The van der Waals surface area contributed by atoms with Crippen LogP contribution in [0.25, 0.3) is 0 Å². The Morgan fingerprint density at radius 1 is 0.857 bits per heavy atom. The van der Waals surface area contributed by atoms with Crippen molar-refractivity contribution in [1.29, 1.82) is 0 Å². The zero-order valence-electron chi connectivity index (χ0n) is 11.8. The van der Waals surface area contributed by atoms with Crippen molar-refractivity contribution in [3.05, 3.63) is 71.8 Å². The number of hydrogen-bond acceptors (Lipinski definition) is 1. The molecule has 0 heterocycles. The molecule has 0 aromatic heterocycles. The summed E-state index contributed by atoms with van der Waals surface area (Å²) in [4.78, 5) is 0. The first-order valence-corrected chi connectivity index (χ1v) is 6.88. The topological polar surface area (TPSA) is 12.0 Å². The number of hydrogen-bond donors (Lipinski definition) is 1. The molecule has 21 heavy (non-hydrogen) atoms. The number of halogens is 3. The van der Waals surface area contributed by atoms with Gasteiger partial charge in [-0.25, -0.2) is 0 Å². The Morgan fingerprint density at radius 2 is 1.33 bits per heavy atom. The first-order valence-electron chi connectivity index (χ1n) is 6.88. The molecule has 0 aliphatic carbocycles. The highest BCUT2D eigenvalue weighted by Gasteiger charge is 2.40. The maximum atomic E-state index is 13.2. The quantitative estimate of drug-likeness (QED) is 0.843. The molecule has 2 aromatic rings. The maximum absolute atomic E-state index is 13.2. The van der Waals surface area contributed by atoms with Crippen molar-refractivity contribution in [2.24, 2.45) is 0 Å². The van der Waals surface area contributed by atoms with Crippen LogP contribution in [0.4, 0.5) is 13.2 Å². The van der Waals surface area contributed by atoms with Crippen molar-refractivity contribution >= 4 is 0 Å². The van der Waals surface area contributed by atoms with E-state index in [4.69, 9.17) is 0 Å². The SMILES string of the molecule is CC(CNC(c1ccccc1)C(F)(F)F)c1ccccc1. The molecule has 1 N–H and O–H groups in total. The van der Waals surface area contributed by atoms with Gasteiger partial charge in [-0.1, -0.05) is 67.6 Å². The van der Waals surface area contributed by atoms with E-state index in [2.05, 4.69) is 5.32 Å². The second kappa shape index (κ2) is 6.76. The summed E-state index contributed by atoms with van der Waals surface area (Å²) in [6, 6.07) is 15.9. The highest BCUT2D eigenvalue weighted by molar-refractivity contribution is 5.22. The molecular weight excluding hydrogens is 275 g/mol. The van der Waals surface area contributed by atoms with Crippen LogP contribution in [-0.2, 0) is 0 Å². The molecule has 0 bridgehead atoms. The standard InChI is InChI=1S/C17H18F3N/c1-13(14-8-4-2-5-9-14)12-21-16(17(18,19)20)15-10-6-3-7-11-15/h2-11,13,16,21H,12H2,1H3. The van der Waals surface area contributed by atoms with Crippen LogP contribution in [0.3, 0.4) is 0 Å². The molecule has 0 fully saturated rings. The Labute approximate surface area is 122 Å². The highest BCUT2D eigenvalue weighted by atomic mass is 19.4. The van der Waals surface area contributed by atoms with Crippen molar-refractivity contribution in [1.82, 2.24) is 5.32 Å². The van der Waals surface area contributed by atoms with Crippen LogP contribution >= 0.6 is 0 Å². The second-order valence-corrected chi connectivity index (χ2v) is 5.11. The predicted octanol–water partition coefficient (Wildman–Crippen LogP) is 4.68. The third-order valence-corrected chi connectivity index (χ3v) is 3.46. The van der Waals surface area contributed by atoms with Gasteiger partial charge in [0.05, 0.1) is 0 Å². The van der Waals surface area contributed by atoms with Crippen molar-refractivity contribution in [3.63, 3.8) is 0 Å². The van der Waals surface area contributed by atoms with E-state index in [0.29, 0.717) is 0 Å². The van der Waals surface area contributed by atoms with Gasteiger partial charge in [-0.05, 0) is 17.0 Å². The minimum atomic E-state index is -4.31. The van der Waals surface area contributed by atoms with Gasteiger partial charge in [-0.3, -0.25) is 0 Å². The second-order valence-electron chi connectivity index (χ2n) is 5.11. The van der Waals surface area contributed by atoms with Crippen molar-refractivity contribution in [3.8, 4) is 0 Å². The van der Waals surface area contributed by atoms with E-state index >= 15 is 0 Å².